The van der Waals surface area contributed by atoms with E-state index >= 15 is 0 Å². The largest absolute Gasteiger partial charge is 0.472 e. The summed E-state index contributed by atoms with van der Waals surface area (Å²) in [6, 6.07) is 3.74. The Bertz CT molecular complexity index is 468. The summed E-state index contributed by atoms with van der Waals surface area (Å²) in [7, 11) is 0. The molecule has 4 nitrogen and oxygen atoms in total. The maximum atomic E-state index is 12.2. The summed E-state index contributed by atoms with van der Waals surface area (Å²) in [6.45, 7) is 7.69. The Kier molecular flexibility index (Phi) is 4.68. The van der Waals surface area contributed by atoms with Gasteiger partial charge < -0.3 is 9.64 Å². The molecule has 0 saturated carbocycles. The lowest BCUT2D eigenvalue weighted by atomic mass is 9.92. The van der Waals surface area contributed by atoms with Gasteiger partial charge in [-0.25, -0.2) is 4.98 Å². The number of hydrogen-bond acceptors (Lipinski definition) is 3. The number of hydrogen-bond donors (Lipinski definition) is 0. The van der Waals surface area contributed by atoms with Crippen molar-refractivity contribution >= 4 is 21.8 Å². The summed E-state index contributed by atoms with van der Waals surface area (Å²) in [6.07, 6.45) is 3.21. The number of rotatable bonds is 3. The van der Waals surface area contributed by atoms with E-state index in [1.807, 2.05) is 17.0 Å². The molecule has 2 rings (SSSR count). The van der Waals surface area contributed by atoms with Gasteiger partial charge in [0, 0.05) is 36.1 Å². The number of likely N-dealkylation sites (tertiary alicyclic amines) is 1. The second-order valence-corrected chi connectivity index (χ2v) is 7.34. The maximum absolute atomic E-state index is 12.2. The number of halogens is 1. The van der Waals surface area contributed by atoms with E-state index in [0.717, 1.165) is 17.4 Å². The van der Waals surface area contributed by atoms with E-state index in [0.29, 0.717) is 18.8 Å². The Morgan fingerprint density at radius 1 is 1.50 bits per heavy atom. The van der Waals surface area contributed by atoms with Crippen LogP contribution in [0.3, 0.4) is 0 Å². The molecular formula is C15H21BrN2O2. The van der Waals surface area contributed by atoms with Crippen molar-refractivity contribution in [1.29, 1.82) is 0 Å². The molecule has 1 saturated heterocycles. The molecule has 0 aliphatic carbocycles. The van der Waals surface area contributed by atoms with E-state index < -0.39 is 0 Å². The molecule has 1 aliphatic heterocycles. The van der Waals surface area contributed by atoms with E-state index in [4.69, 9.17) is 4.74 Å². The van der Waals surface area contributed by atoms with E-state index in [2.05, 4.69) is 41.7 Å². The molecule has 1 atom stereocenters. The summed E-state index contributed by atoms with van der Waals surface area (Å²) < 4.78 is 6.74. The predicted octanol–water partition coefficient (Wildman–Crippen LogP) is 3.26. The van der Waals surface area contributed by atoms with Crippen LogP contribution in [0.4, 0.5) is 0 Å². The first kappa shape index (κ1) is 15.3. The van der Waals surface area contributed by atoms with Gasteiger partial charge >= 0.3 is 0 Å². The fraction of sp³-hybridized carbons (Fsp3) is 0.600. The highest BCUT2D eigenvalue weighted by Gasteiger charge is 2.29. The van der Waals surface area contributed by atoms with Crippen LogP contribution in [0.1, 0.15) is 33.6 Å². The van der Waals surface area contributed by atoms with Gasteiger partial charge in [-0.05, 0) is 27.4 Å². The molecule has 1 amide bonds. The second-order valence-electron chi connectivity index (χ2n) is 6.42. The summed E-state index contributed by atoms with van der Waals surface area (Å²) in [5.41, 5.74) is 0.0310. The van der Waals surface area contributed by atoms with Crippen molar-refractivity contribution in [2.24, 2.45) is 5.41 Å². The van der Waals surface area contributed by atoms with Crippen LogP contribution in [-0.2, 0) is 4.79 Å². The Hall–Kier alpha value is -1.10. The zero-order chi connectivity index (χ0) is 14.8. The monoisotopic (exact) mass is 340 g/mol. The first-order valence-corrected chi connectivity index (χ1v) is 7.69. The van der Waals surface area contributed by atoms with E-state index in [1.54, 1.807) is 6.20 Å². The fourth-order valence-electron chi connectivity index (χ4n) is 2.22. The lowest BCUT2D eigenvalue weighted by molar-refractivity contribution is -0.132. The smallest absolute Gasteiger partial charge is 0.223 e. The minimum absolute atomic E-state index is 0.0310. The van der Waals surface area contributed by atoms with Crippen molar-refractivity contribution in [3.8, 4) is 5.88 Å². The summed E-state index contributed by atoms with van der Waals surface area (Å²) in [5.74, 6) is 0.829. The average molecular weight is 341 g/mol. The molecule has 110 valence electrons. The zero-order valence-corrected chi connectivity index (χ0v) is 13.8. The van der Waals surface area contributed by atoms with Crippen LogP contribution in [0.5, 0.6) is 5.88 Å². The number of amides is 1. The molecule has 1 aliphatic rings. The zero-order valence-electron chi connectivity index (χ0n) is 12.2. The topological polar surface area (TPSA) is 42.4 Å². The highest BCUT2D eigenvalue weighted by atomic mass is 79.9. The third-order valence-electron chi connectivity index (χ3n) is 3.17. The predicted molar refractivity (Wildman–Crippen MR) is 81.6 cm³/mol. The van der Waals surface area contributed by atoms with Crippen LogP contribution < -0.4 is 4.74 Å². The molecule has 1 aromatic rings. The first-order valence-electron chi connectivity index (χ1n) is 6.89. The minimum atomic E-state index is 0.0310. The molecule has 20 heavy (non-hydrogen) atoms. The van der Waals surface area contributed by atoms with E-state index in [9.17, 15) is 4.79 Å². The molecule has 1 aromatic heterocycles. The SMILES string of the molecule is CC(C)(C)CC(=O)N1CCC(Oc2ccc(Br)cn2)C1. The van der Waals surface area contributed by atoms with Gasteiger partial charge in [-0.15, -0.1) is 0 Å². The standard InChI is InChI=1S/C15H21BrN2O2/c1-15(2,3)8-14(19)18-7-6-12(10-18)20-13-5-4-11(16)9-17-13/h4-5,9,12H,6-8,10H2,1-3H3. The highest BCUT2D eigenvalue weighted by molar-refractivity contribution is 9.10. The van der Waals surface area contributed by atoms with Gasteiger partial charge in [0.25, 0.3) is 0 Å². The summed E-state index contributed by atoms with van der Waals surface area (Å²) in [4.78, 5) is 18.2. The van der Waals surface area contributed by atoms with Gasteiger partial charge in [0.05, 0.1) is 6.54 Å². The van der Waals surface area contributed by atoms with Gasteiger partial charge in [0.2, 0.25) is 11.8 Å². The molecule has 0 aromatic carbocycles. The molecule has 5 heteroatoms. The summed E-state index contributed by atoms with van der Waals surface area (Å²) >= 11 is 3.34. The Morgan fingerprint density at radius 3 is 2.85 bits per heavy atom. The molecule has 0 N–H and O–H groups in total. The minimum Gasteiger partial charge on any atom is -0.472 e. The first-order chi connectivity index (χ1) is 9.33. The number of ether oxygens (including phenoxy) is 1. The van der Waals surface area contributed by atoms with Crippen LogP contribution in [0, 0.1) is 5.41 Å². The van der Waals surface area contributed by atoms with Crippen molar-refractivity contribution in [2.45, 2.75) is 39.7 Å². The number of carbonyl (C=O) groups excluding carboxylic acids is 1. The van der Waals surface area contributed by atoms with Gasteiger partial charge in [-0.1, -0.05) is 20.8 Å². The normalized spacial score (nSPS) is 19.2. The van der Waals surface area contributed by atoms with E-state index in [-0.39, 0.29) is 17.4 Å². The molecule has 0 bridgehead atoms. The summed E-state index contributed by atoms with van der Waals surface area (Å²) in [5, 5.41) is 0. The van der Waals surface area contributed by atoms with Crippen LogP contribution in [-0.4, -0.2) is 35.0 Å². The third kappa shape index (κ3) is 4.47. The number of aromatic nitrogens is 1. The highest BCUT2D eigenvalue weighted by Crippen LogP contribution is 2.23. The van der Waals surface area contributed by atoms with Gasteiger partial charge in [0.1, 0.15) is 6.10 Å². The average Bonchev–Trinajstić information content (AvgIpc) is 2.79. The molecule has 0 spiro atoms. The molecular weight excluding hydrogens is 320 g/mol. The lowest BCUT2D eigenvalue weighted by Crippen LogP contribution is -2.33. The van der Waals surface area contributed by atoms with Crippen molar-refractivity contribution in [2.75, 3.05) is 13.1 Å². The van der Waals surface area contributed by atoms with Crippen LogP contribution in [0.25, 0.3) is 0 Å². The Labute approximate surface area is 128 Å². The van der Waals surface area contributed by atoms with Crippen molar-refractivity contribution < 1.29 is 9.53 Å². The number of nitrogens with zero attached hydrogens (tertiary/aromatic N) is 2. The number of pyridine rings is 1. The van der Waals surface area contributed by atoms with Crippen LogP contribution >= 0.6 is 15.9 Å². The van der Waals surface area contributed by atoms with Crippen LogP contribution in [0.2, 0.25) is 0 Å². The maximum Gasteiger partial charge on any atom is 0.223 e. The third-order valence-corrected chi connectivity index (χ3v) is 3.64. The molecule has 1 fully saturated rings. The lowest BCUT2D eigenvalue weighted by Gasteiger charge is -2.23. The Balaban J connectivity index is 1.86. The van der Waals surface area contributed by atoms with Gasteiger partial charge in [0.15, 0.2) is 0 Å². The second kappa shape index (κ2) is 6.12. The quantitative estimate of drug-likeness (QED) is 0.848. The van der Waals surface area contributed by atoms with E-state index in [1.165, 1.54) is 0 Å². The van der Waals surface area contributed by atoms with Crippen molar-refractivity contribution in [1.82, 2.24) is 9.88 Å². The van der Waals surface area contributed by atoms with Gasteiger partial charge in [-0.2, -0.15) is 0 Å². The number of carbonyl (C=O) groups is 1. The molecule has 1 unspecified atom stereocenters. The van der Waals surface area contributed by atoms with Crippen molar-refractivity contribution in [3.63, 3.8) is 0 Å². The van der Waals surface area contributed by atoms with Crippen LogP contribution in [0.15, 0.2) is 22.8 Å². The Morgan fingerprint density at radius 2 is 2.25 bits per heavy atom. The molecule has 2 heterocycles. The van der Waals surface area contributed by atoms with Gasteiger partial charge in [-0.3, -0.25) is 4.79 Å². The molecule has 0 radical (unpaired) electrons. The fourth-order valence-corrected chi connectivity index (χ4v) is 2.45. The van der Waals surface area contributed by atoms with Crippen molar-refractivity contribution in [3.05, 3.63) is 22.8 Å².